The highest BCUT2D eigenvalue weighted by Crippen LogP contribution is 2.18. The van der Waals surface area contributed by atoms with Crippen LogP contribution in [0.2, 0.25) is 0 Å². The number of ether oxygens (including phenoxy) is 1. The number of epoxide rings is 1. The summed E-state index contributed by atoms with van der Waals surface area (Å²) in [5, 5.41) is 0. The van der Waals surface area contributed by atoms with Gasteiger partial charge < -0.3 is 9.64 Å². The zero-order chi connectivity index (χ0) is 9.10. The average molecular weight is 183 g/mol. The Morgan fingerprint density at radius 2 is 2.15 bits per heavy atom. The van der Waals surface area contributed by atoms with Gasteiger partial charge in [-0.3, -0.25) is 0 Å². The van der Waals surface area contributed by atoms with Gasteiger partial charge in [-0.2, -0.15) is 0 Å². The Bertz CT molecular complexity index is 156. The first-order valence-electron chi connectivity index (χ1n) is 5.68. The van der Waals surface area contributed by atoms with Gasteiger partial charge >= 0.3 is 0 Å². The monoisotopic (exact) mass is 183 g/mol. The summed E-state index contributed by atoms with van der Waals surface area (Å²) < 4.78 is 5.23. The van der Waals surface area contributed by atoms with E-state index in [9.17, 15) is 0 Å². The van der Waals surface area contributed by atoms with Gasteiger partial charge in [-0.1, -0.05) is 6.92 Å². The van der Waals surface area contributed by atoms with Crippen LogP contribution in [0.1, 0.15) is 32.6 Å². The number of nitrogens with zero attached hydrogens (tertiary/aromatic N) is 1. The van der Waals surface area contributed by atoms with Crippen LogP contribution in [-0.4, -0.2) is 37.2 Å². The molecule has 76 valence electrons. The minimum atomic E-state index is 0.612. The van der Waals surface area contributed by atoms with Crippen molar-refractivity contribution in [3.8, 4) is 0 Å². The summed E-state index contributed by atoms with van der Waals surface area (Å²) in [6.07, 6.45) is 6.09. The molecule has 0 aliphatic carbocycles. The van der Waals surface area contributed by atoms with Crippen LogP contribution in [0.3, 0.4) is 0 Å². The lowest BCUT2D eigenvalue weighted by Crippen LogP contribution is -2.26. The fourth-order valence-electron chi connectivity index (χ4n) is 2.11. The number of hydrogen-bond acceptors (Lipinski definition) is 2. The molecular formula is C11H21NO. The normalized spacial score (nSPS) is 35.8. The summed E-state index contributed by atoms with van der Waals surface area (Å²) >= 11 is 0. The molecule has 2 rings (SSSR count). The first-order valence-corrected chi connectivity index (χ1v) is 5.68. The van der Waals surface area contributed by atoms with Crippen LogP contribution in [0.5, 0.6) is 0 Å². The standard InChI is InChI=1S/C11H21NO/c1-10-3-2-6-12(7-4-10)8-5-11-9-13-11/h10-11H,2-9H2,1H3. The second-order valence-electron chi connectivity index (χ2n) is 4.62. The first kappa shape index (κ1) is 9.47. The molecule has 2 aliphatic rings. The maximum atomic E-state index is 5.23. The lowest BCUT2D eigenvalue weighted by molar-refractivity contribution is 0.262. The Hall–Kier alpha value is -0.0800. The van der Waals surface area contributed by atoms with Crippen molar-refractivity contribution in [3.63, 3.8) is 0 Å². The van der Waals surface area contributed by atoms with Crippen molar-refractivity contribution in [2.24, 2.45) is 5.92 Å². The third kappa shape index (κ3) is 3.28. The fraction of sp³-hybridized carbons (Fsp3) is 1.00. The van der Waals surface area contributed by atoms with E-state index in [1.807, 2.05) is 0 Å². The third-order valence-electron chi connectivity index (χ3n) is 3.28. The van der Waals surface area contributed by atoms with Gasteiger partial charge in [-0.15, -0.1) is 0 Å². The van der Waals surface area contributed by atoms with E-state index in [2.05, 4.69) is 11.8 Å². The van der Waals surface area contributed by atoms with Crippen LogP contribution < -0.4 is 0 Å². The maximum Gasteiger partial charge on any atom is 0.0822 e. The van der Waals surface area contributed by atoms with E-state index in [-0.39, 0.29) is 0 Å². The smallest absolute Gasteiger partial charge is 0.0822 e. The lowest BCUT2D eigenvalue weighted by Gasteiger charge is -2.18. The van der Waals surface area contributed by atoms with E-state index in [1.165, 1.54) is 45.3 Å². The highest BCUT2D eigenvalue weighted by atomic mass is 16.6. The molecule has 2 fully saturated rings. The van der Waals surface area contributed by atoms with E-state index in [0.29, 0.717) is 6.10 Å². The largest absolute Gasteiger partial charge is 0.373 e. The zero-order valence-corrected chi connectivity index (χ0v) is 8.67. The predicted octanol–water partition coefficient (Wildman–Crippen LogP) is 1.90. The molecule has 0 amide bonds. The molecule has 0 N–H and O–H groups in total. The van der Waals surface area contributed by atoms with Crippen LogP contribution >= 0.6 is 0 Å². The molecule has 2 heterocycles. The van der Waals surface area contributed by atoms with E-state index < -0.39 is 0 Å². The van der Waals surface area contributed by atoms with E-state index in [1.54, 1.807) is 0 Å². The lowest BCUT2D eigenvalue weighted by atomic mass is 10.0. The van der Waals surface area contributed by atoms with Gasteiger partial charge in [0.1, 0.15) is 0 Å². The fourth-order valence-corrected chi connectivity index (χ4v) is 2.11. The number of likely N-dealkylation sites (tertiary alicyclic amines) is 1. The first-order chi connectivity index (χ1) is 6.34. The van der Waals surface area contributed by atoms with Gasteiger partial charge in [0.2, 0.25) is 0 Å². The Balaban J connectivity index is 1.65. The Labute approximate surface area is 81.3 Å². The molecule has 2 heteroatoms. The van der Waals surface area contributed by atoms with E-state index in [4.69, 9.17) is 4.74 Å². The summed E-state index contributed by atoms with van der Waals surface area (Å²) in [7, 11) is 0. The van der Waals surface area contributed by atoms with Gasteiger partial charge in [-0.25, -0.2) is 0 Å². The summed E-state index contributed by atoms with van der Waals surface area (Å²) in [6.45, 7) is 7.29. The predicted molar refractivity (Wildman–Crippen MR) is 53.8 cm³/mol. The summed E-state index contributed by atoms with van der Waals surface area (Å²) in [5.41, 5.74) is 0. The molecule has 2 aliphatic heterocycles. The summed E-state index contributed by atoms with van der Waals surface area (Å²) in [5.74, 6) is 0.946. The van der Waals surface area contributed by atoms with Crippen molar-refractivity contribution in [1.82, 2.24) is 4.90 Å². The zero-order valence-electron chi connectivity index (χ0n) is 8.67. The second kappa shape index (κ2) is 4.43. The number of rotatable bonds is 3. The summed E-state index contributed by atoms with van der Waals surface area (Å²) in [4.78, 5) is 2.62. The molecule has 0 aromatic heterocycles. The molecule has 0 aromatic carbocycles. The van der Waals surface area contributed by atoms with Crippen LogP contribution in [-0.2, 0) is 4.74 Å². The van der Waals surface area contributed by atoms with Crippen molar-refractivity contribution in [1.29, 1.82) is 0 Å². The molecule has 0 radical (unpaired) electrons. The van der Waals surface area contributed by atoms with Crippen molar-refractivity contribution >= 4 is 0 Å². The maximum absolute atomic E-state index is 5.23. The highest BCUT2D eigenvalue weighted by molar-refractivity contribution is 4.73. The van der Waals surface area contributed by atoms with Crippen molar-refractivity contribution in [2.45, 2.75) is 38.7 Å². The molecule has 2 nitrogen and oxygen atoms in total. The van der Waals surface area contributed by atoms with Gasteiger partial charge in [0.25, 0.3) is 0 Å². The molecule has 2 saturated heterocycles. The quantitative estimate of drug-likeness (QED) is 0.621. The minimum Gasteiger partial charge on any atom is -0.373 e. The topological polar surface area (TPSA) is 15.8 Å². The Morgan fingerprint density at radius 3 is 2.92 bits per heavy atom. The Kier molecular flexibility index (Phi) is 3.23. The molecular weight excluding hydrogens is 162 g/mol. The molecule has 0 bridgehead atoms. The molecule has 0 spiro atoms. The van der Waals surface area contributed by atoms with Gasteiger partial charge in [0.05, 0.1) is 12.7 Å². The van der Waals surface area contributed by atoms with Crippen LogP contribution in [0, 0.1) is 5.92 Å². The molecule has 2 atom stereocenters. The number of hydrogen-bond donors (Lipinski definition) is 0. The molecule has 0 aromatic rings. The molecule has 2 unspecified atom stereocenters. The van der Waals surface area contributed by atoms with E-state index in [0.717, 1.165) is 12.5 Å². The molecule has 13 heavy (non-hydrogen) atoms. The minimum absolute atomic E-state index is 0.612. The van der Waals surface area contributed by atoms with Crippen LogP contribution in [0.15, 0.2) is 0 Å². The van der Waals surface area contributed by atoms with Gasteiger partial charge in [0.15, 0.2) is 0 Å². The van der Waals surface area contributed by atoms with Gasteiger partial charge in [-0.05, 0) is 44.7 Å². The SMILES string of the molecule is CC1CCCN(CCC2CO2)CC1. The van der Waals surface area contributed by atoms with Crippen LogP contribution in [0.25, 0.3) is 0 Å². The average Bonchev–Trinajstić information content (AvgIpc) is 2.90. The van der Waals surface area contributed by atoms with Crippen molar-refractivity contribution < 1.29 is 4.74 Å². The summed E-state index contributed by atoms with van der Waals surface area (Å²) in [6, 6.07) is 0. The molecule has 0 saturated carbocycles. The van der Waals surface area contributed by atoms with Crippen LogP contribution in [0.4, 0.5) is 0 Å². The van der Waals surface area contributed by atoms with E-state index >= 15 is 0 Å². The highest BCUT2D eigenvalue weighted by Gasteiger charge is 2.23. The van der Waals surface area contributed by atoms with Crippen molar-refractivity contribution in [2.75, 3.05) is 26.2 Å². The third-order valence-corrected chi connectivity index (χ3v) is 3.28. The van der Waals surface area contributed by atoms with Gasteiger partial charge in [0, 0.05) is 6.54 Å². The second-order valence-corrected chi connectivity index (χ2v) is 4.62. The van der Waals surface area contributed by atoms with Crippen molar-refractivity contribution in [3.05, 3.63) is 0 Å². The Morgan fingerprint density at radius 1 is 1.31 bits per heavy atom.